The third-order valence-corrected chi connectivity index (χ3v) is 7.43. The molecule has 4 aromatic rings. The molecule has 0 aliphatic carbocycles. The highest BCUT2D eigenvalue weighted by Gasteiger charge is 2.31. The van der Waals surface area contributed by atoms with Gasteiger partial charge in [-0.3, -0.25) is 14.2 Å². The van der Waals surface area contributed by atoms with E-state index in [1.165, 1.54) is 44.1 Å². The van der Waals surface area contributed by atoms with E-state index in [0.717, 1.165) is 0 Å². The van der Waals surface area contributed by atoms with Gasteiger partial charge in [0.2, 0.25) is 5.75 Å². The number of carbonyl (C=O) groups is 1. The number of ether oxygens (including phenoxy) is 3. The molecule has 1 atom stereocenters. The number of halogens is 2. The van der Waals surface area contributed by atoms with Gasteiger partial charge in [0.15, 0.2) is 11.5 Å². The molecule has 1 aromatic heterocycles. The van der Waals surface area contributed by atoms with E-state index in [1.807, 2.05) is 6.92 Å². The van der Waals surface area contributed by atoms with Crippen molar-refractivity contribution >= 4 is 28.4 Å². The normalized spacial score (nSPS) is 11.9. The molecule has 8 nitrogen and oxygen atoms in total. The Bertz CT molecular complexity index is 1630. The van der Waals surface area contributed by atoms with Gasteiger partial charge in [-0.25, -0.2) is 9.37 Å². The average Bonchev–Trinajstić information content (AvgIpc) is 2.99. The summed E-state index contributed by atoms with van der Waals surface area (Å²) >= 11 is 6.15. The molecule has 3 aromatic carbocycles. The first kappa shape index (κ1) is 30.8. The van der Waals surface area contributed by atoms with Crippen LogP contribution >= 0.6 is 11.6 Å². The second-order valence-electron chi connectivity index (χ2n) is 10.2. The van der Waals surface area contributed by atoms with E-state index < -0.39 is 11.9 Å². The van der Waals surface area contributed by atoms with Crippen LogP contribution in [0.15, 0.2) is 59.4 Å². The van der Waals surface area contributed by atoms with E-state index in [4.69, 9.17) is 30.8 Å². The third kappa shape index (κ3) is 6.06. The van der Waals surface area contributed by atoms with Crippen LogP contribution in [0, 0.1) is 11.7 Å². The molecule has 1 amide bonds. The zero-order valence-electron chi connectivity index (χ0n) is 24.6. The number of para-hydroxylation sites is 1. The van der Waals surface area contributed by atoms with Crippen LogP contribution < -0.4 is 19.8 Å². The van der Waals surface area contributed by atoms with Crippen LogP contribution in [0.4, 0.5) is 4.39 Å². The lowest BCUT2D eigenvalue weighted by Crippen LogP contribution is -2.39. The van der Waals surface area contributed by atoms with Gasteiger partial charge < -0.3 is 19.1 Å². The molecule has 10 heteroatoms. The monoisotopic (exact) mass is 595 g/mol. The number of benzene rings is 3. The number of hydrogen-bond acceptors (Lipinski definition) is 6. The summed E-state index contributed by atoms with van der Waals surface area (Å²) in [6.45, 7) is 6.47. The van der Waals surface area contributed by atoms with E-state index >= 15 is 0 Å². The standard InChI is InChI=1S/C32H35ClFN3O5/c1-7-26(36(15-14-19(2)3)31(38)20-16-27(40-4)29(42-6)28(17-20)41-5)30-35-25-11-9-8-10-22(25)32(39)37(30)21-12-13-24(34)23(33)18-21/h8-13,16-19,26H,7,14-15H2,1-6H3. The fourth-order valence-electron chi connectivity index (χ4n) is 4.96. The van der Waals surface area contributed by atoms with Crippen LogP contribution in [0.5, 0.6) is 17.2 Å². The molecule has 0 N–H and O–H groups in total. The van der Waals surface area contributed by atoms with Crippen LogP contribution in [0.25, 0.3) is 16.6 Å². The smallest absolute Gasteiger partial charge is 0.266 e. The average molecular weight is 596 g/mol. The Labute approximate surface area is 249 Å². The number of rotatable bonds is 11. The molecule has 42 heavy (non-hydrogen) atoms. The quantitative estimate of drug-likeness (QED) is 0.189. The van der Waals surface area contributed by atoms with Gasteiger partial charge in [0.1, 0.15) is 11.6 Å². The number of hydrogen-bond donors (Lipinski definition) is 0. The molecule has 0 aliphatic heterocycles. The number of carbonyl (C=O) groups excluding carboxylic acids is 1. The van der Waals surface area contributed by atoms with Gasteiger partial charge in [0.05, 0.1) is 49.0 Å². The molecule has 1 unspecified atom stereocenters. The summed E-state index contributed by atoms with van der Waals surface area (Å²) in [5, 5.41) is 0.262. The predicted octanol–water partition coefficient (Wildman–Crippen LogP) is 6.84. The minimum Gasteiger partial charge on any atom is -0.493 e. The first-order chi connectivity index (χ1) is 20.1. The molecular weight excluding hydrogens is 561 g/mol. The predicted molar refractivity (Wildman–Crippen MR) is 162 cm³/mol. The van der Waals surface area contributed by atoms with E-state index in [2.05, 4.69) is 13.8 Å². The Hall–Kier alpha value is -4.11. The van der Waals surface area contributed by atoms with Crippen molar-refractivity contribution < 1.29 is 23.4 Å². The molecule has 0 saturated heterocycles. The second kappa shape index (κ2) is 13.2. The van der Waals surface area contributed by atoms with Crippen molar-refractivity contribution in [3.63, 3.8) is 0 Å². The number of nitrogens with zero attached hydrogens (tertiary/aromatic N) is 3. The Morgan fingerprint density at radius 3 is 2.26 bits per heavy atom. The Kier molecular flexibility index (Phi) is 9.73. The van der Waals surface area contributed by atoms with Gasteiger partial charge in [-0.15, -0.1) is 0 Å². The number of fused-ring (bicyclic) bond motifs is 1. The van der Waals surface area contributed by atoms with Crippen LogP contribution in [-0.2, 0) is 0 Å². The van der Waals surface area contributed by atoms with Gasteiger partial charge in [0.25, 0.3) is 11.5 Å². The van der Waals surface area contributed by atoms with Gasteiger partial charge >= 0.3 is 0 Å². The molecule has 0 saturated carbocycles. The number of amides is 1. The van der Waals surface area contributed by atoms with Crippen molar-refractivity contribution in [2.24, 2.45) is 5.92 Å². The number of aromatic nitrogens is 2. The fourth-order valence-corrected chi connectivity index (χ4v) is 5.13. The highest BCUT2D eigenvalue weighted by molar-refractivity contribution is 6.30. The molecule has 222 valence electrons. The maximum Gasteiger partial charge on any atom is 0.266 e. The molecule has 0 bridgehead atoms. The summed E-state index contributed by atoms with van der Waals surface area (Å²) in [5.74, 6) is 0.793. The number of methoxy groups -OCH3 is 3. The topological polar surface area (TPSA) is 82.9 Å². The van der Waals surface area contributed by atoms with Crippen molar-refractivity contribution in [1.82, 2.24) is 14.5 Å². The van der Waals surface area contributed by atoms with E-state index in [9.17, 15) is 14.0 Å². The second-order valence-corrected chi connectivity index (χ2v) is 10.7. The molecule has 4 rings (SSSR count). The van der Waals surface area contributed by atoms with Crippen LogP contribution in [-0.4, -0.2) is 48.2 Å². The molecule has 0 fully saturated rings. The Morgan fingerprint density at radius 2 is 1.69 bits per heavy atom. The van der Waals surface area contributed by atoms with Gasteiger partial charge in [0, 0.05) is 12.1 Å². The summed E-state index contributed by atoms with van der Waals surface area (Å²) in [4.78, 5) is 35.0. The van der Waals surface area contributed by atoms with E-state index in [0.29, 0.717) is 70.5 Å². The summed E-state index contributed by atoms with van der Waals surface area (Å²) in [6.07, 6.45) is 1.14. The maximum atomic E-state index is 14.4. The van der Waals surface area contributed by atoms with Crippen molar-refractivity contribution in [1.29, 1.82) is 0 Å². The fraction of sp³-hybridized carbons (Fsp3) is 0.344. The largest absolute Gasteiger partial charge is 0.493 e. The van der Waals surface area contributed by atoms with E-state index in [-0.39, 0.29) is 16.5 Å². The highest BCUT2D eigenvalue weighted by atomic mass is 35.5. The third-order valence-electron chi connectivity index (χ3n) is 7.14. The zero-order chi connectivity index (χ0) is 30.6. The summed E-state index contributed by atoms with van der Waals surface area (Å²) in [6, 6.07) is 13.7. The van der Waals surface area contributed by atoms with Crippen molar-refractivity contribution in [3.05, 3.63) is 87.2 Å². The molecule has 1 heterocycles. The van der Waals surface area contributed by atoms with Crippen molar-refractivity contribution in [2.75, 3.05) is 27.9 Å². The Morgan fingerprint density at radius 1 is 1.02 bits per heavy atom. The lowest BCUT2D eigenvalue weighted by molar-refractivity contribution is 0.0648. The van der Waals surface area contributed by atoms with Crippen molar-refractivity contribution in [2.45, 2.75) is 39.7 Å². The van der Waals surface area contributed by atoms with Gasteiger partial charge in [-0.2, -0.15) is 0 Å². The van der Waals surface area contributed by atoms with Gasteiger partial charge in [-0.1, -0.05) is 44.5 Å². The highest BCUT2D eigenvalue weighted by Crippen LogP contribution is 2.39. The minimum atomic E-state index is -0.628. The van der Waals surface area contributed by atoms with Crippen LogP contribution in [0.1, 0.15) is 55.8 Å². The van der Waals surface area contributed by atoms with Crippen molar-refractivity contribution in [3.8, 4) is 22.9 Å². The zero-order valence-corrected chi connectivity index (χ0v) is 25.4. The lowest BCUT2D eigenvalue weighted by atomic mass is 10.0. The summed E-state index contributed by atoms with van der Waals surface area (Å²) in [7, 11) is 4.47. The Balaban J connectivity index is 1.97. The van der Waals surface area contributed by atoms with Crippen LogP contribution in [0.3, 0.4) is 0 Å². The lowest BCUT2D eigenvalue weighted by Gasteiger charge is -2.33. The SMILES string of the molecule is CCC(c1nc2ccccc2c(=O)n1-c1ccc(F)c(Cl)c1)N(CCC(C)C)C(=O)c1cc(OC)c(OC)c(OC)c1. The maximum absolute atomic E-state index is 14.4. The first-order valence-corrected chi connectivity index (χ1v) is 14.1. The summed E-state index contributed by atoms with van der Waals surface area (Å²) < 4.78 is 32.0. The first-order valence-electron chi connectivity index (χ1n) is 13.7. The molecule has 0 aliphatic rings. The molecule has 0 radical (unpaired) electrons. The molecular formula is C32H35ClFN3O5. The van der Waals surface area contributed by atoms with Crippen LogP contribution in [0.2, 0.25) is 5.02 Å². The minimum absolute atomic E-state index is 0.128. The van der Waals surface area contributed by atoms with Gasteiger partial charge in [-0.05, 0) is 61.2 Å². The summed E-state index contributed by atoms with van der Waals surface area (Å²) in [5.41, 5.74) is 0.818. The molecule has 0 spiro atoms. The van der Waals surface area contributed by atoms with E-state index in [1.54, 1.807) is 41.3 Å².